The van der Waals surface area contributed by atoms with Gasteiger partial charge in [-0.25, -0.2) is 5.26 Å². The third-order valence-electron chi connectivity index (χ3n) is 1.88. The van der Waals surface area contributed by atoms with E-state index in [-0.39, 0.29) is 5.92 Å². The minimum absolute atomic E-state index is 0.213. The average molecular weight is 159 g/mol. The van der Waals surface area contributed by atoms with Crippen LogP contribution in [0.25, 0.3) is 0 Å². The predicted octanol–water partition coefficient (Wildman–Crippen LogP) is 1.96. The molecule has 0 rings (SSSR count). The average Bonchev–Trinajstić information content (AvgIpc) is 1.99. The summed E-state index contributed by atoms with van der Waals surface area (Å²) in [6.45, 7) is 6.17. The molecule has 0 bridgehead atoms. The second-order valence-corrected chi connectivity index (χ2v) is 2.92. The van der Waals surface area contributed by atoms with E-state index in [0.717, 1.165) is 6.42 Å². The lowest BCUT2D eigenvalue weighted by Gasteiger charge is -2.18. The van der Waals surface area contributed by atoms with Gasteiger partial charge in [0.2, 0.25) is 0 Å². The van der Waals surface area contributed by atoms with Crippen LogP contribution in [-0.4, -0.2) is 5.26 Å². The zero-order chi connectivity index (χ0) is 8.85. The maximum atomic E-state index is 8.43. The van der Waals surface area contributed by atoms with Crippen molar-refractivity contribution in [2.45, 2.75) is 27.2 Å². The second kappa shape index (κ2) is 5.02. The summed E-state index contributed by atoms with van der Waals surface area (Å²) in [5.41, 5.74) is 5.25. The molecule has 0 aromatic heterocycles. The number of allylic oxidation sites excluding steroid dienone is 1. The Balaban J connectivity index is 4.22. The Morgan fingerprint density at radius 2 is 2.18 bits per heavy atom. The van der Waals surface area contributed by atoms with Gasteiger partial charge in [-0.15, -0.1) is 0 Å². The van der Waals surface area contributed by atoms with Gasteiger partial charge in [0.05, 0.1) is 0 Å². The fourth-order valence-electron chi connectivity index (χ4n) is 1.22. The molecule has 0 fully saturated rings. The second-order valence-electron chi connectivity index (χ2n) is 2.92. The topological polar surface area (TPSA) is 55.5 Å². The summed E-state index contributed by atoms with van der Waals surface area (Å²) in [5.74, 6) is 1.11. The van der Waals surface area contributed by atoms with Crippen LogP contribution in [0.4, 0.5) is 0 Å². The van der Waals surface area contributed by atoms with Crippen LogP contribution in [0.5, 0.6) is 0 Å². The van der Waals surface area contributed by atoms with Crippen LogP contribution in [0.3, 0.4) is 0 Å². The molecule has 0 heterocycles. The van der Waals surface area contributed by atoms with Gasteiger partial charge in [-0.2, -0.15) is 0 Å². The fourth-order valence-corrected chi connectivity index (χ4v) is 1.22. The quantitative estimate of drug-likeness (QED) is 0.374. The molecule has 0 saturated carbocycles. The summed E-state index contributed by atoms with van der Waals surface area (Å²) in [7, 11) is 0. The van der Waals surface area contributed by atoms with E-state index in [1.807, 2.05) is 6.92 Å². The lowest BCUT2D eigenvalue weighted by atomic mass is 9.92. The first-order valence-corrected chi connectivity index (χ1v) is 3.90. The molecule has 3 nitrogen and oxygen atoms in total. The molecule has 1 unspecified atom stereocenters. The van der Waals surface area contributed by atoms with Crippen LogP contribution in [0.1, 0.15) is 27.2 Å². The molecule has 11 heavy (non-hydrogen) atoms. The van der Waals surface area contributed by atoms with Crippen LogP contribution in [0.15, 0.2) is 12.0 Å². The lowest BCUT2D eigenvalue weighted by molar-refractivity contribution is -0.213. The third-order valence-corrected chi connectivity index (χ3v) is 1.88. The van der Waals surface area contributed by atoms with Crippen molar-refractivity contribution in [3.63, 3.8) is 0 Å². The molecule has 0 saturated heterocycles. The number of rotatable bonds is 4. The van der Waals surface area contributed by atoms with Crippen LogP contribution >= 0.6 is 0 Å². The molecule has 0 aliphatic rings. The van der Waals surface area contributed by atoms with Crippen LogP contribution in [0.2, 0.25) is 0 Å². The fraction of sp³-hybridized carbons (Fsp3) is 0.750. The Morgan fingerprint density at radius 3 is 2.27 bits per heavy atom. The maximum absolute atomic E-state index is 8.43. The number of hydrogen-bond donors (Lipinski definition) is 2. The van der Waals surface area contributed by atoms with Crippen molar-refractivity contribution >= 4 is 0 Å². The van der Waals surface area contributed by atoms with E-state index in [1.165, 1.54) is 6.20 Å². The SMILES string of the molecule is CCC(/C(=C/N)OO)C(C)C. The summed E-state index contributed by atoms with van der Waals surface area (Å²) < 4.78 is 0. The molecule has 0 amide bonds. The van der Waals surface area contributed by atoms with Crippen molar-refractivity contribution in [3.8, 4) is 0 Å². The van der Waals surface area contributed by atoms with E-state index in [1.54, 1.807) is 0 Å². The van der Waals surface area contributed by atoms with Crippen LogP contribution < -0.4 is 5.73 Å². The Hall–Kier alpha value is -0.700. The first-order chi connectivity index (χ1) is 5.17. The molecule has 0 spiro atoms. The third kappa shape index (κ3) is 2.80. The molecule has 0 aromatic carbocycles. The normalized spacial score (nSPS) is 15.2. The molecule has 0 radical (unpaired) electrons. The predicted molar refractivity (Wildman–Crippen MR) is 44.6 cm³/mol. The van der Waals surface area contributed by atoms with Crippen molar-refractivity contribution in [1.82, 2.24) is 0 Å². The summed E-state index contributed by atoms with van der Waals surface area (Å²) in [5, 5.41) is 8.43. The van der Waals surface area contributed by atoms with E-state index in [9.17, 15) is 0 Å². The minimum Gasteiger partial charge on any atom is -0.402 e. The van der Waals surface area contributed by atoms with E-state index in [0.29, 0.717) is 11.7 Å². The molecule has 3 N–H and O–H groups in total. The zero-order valence-corrected chi connectivity index (χ0v) is 7.37. The summed E-state index contributed by atoms with van der Waals surface area (Å²) >= 11 is 0. The molecule has 0 aromatic rings. The largest absolute Gasteiger partial charge is 0.402 e. The summed E-state index contributed by atoms with van der Waals surface area (Å²) in [6.07, 6.45) is 2.23. The monoisotopic (exact) mass is 159 g/mol. The Bertz CT molecular complexity index is 132. The highest BCUT2D eigenvalue weighted by atomic mass is 17.1. The number of hydrogen-bond acceptors (Lipinski definition) is 3. The van der Waals surface area contributed by atoms with Crippen molar-refractivity contribution in [2.75, 3.05) is 0 Å². The van der Waals surface area contributed by atoms with Gasteiger partial charge < -0.3 is 10.6 Å². The van der Waals surface area contributed by atoms with Gasteiger partial charge in [0.25, 0.3) is 0 Å². The van der Waals surface area contributed by atoms with Gasteiger partial charge in [0, 0.05) is 12.1 Å². The first-order valence-electron chi connectivity index (χ1n) is 3.90. The first kappa shape index (κ1) is 10.3. The van der Waals surface area contributed by atoms with Gasteiger partial charge in [0.15, 0.2) is 5.76 Å². The Morgan fingerprint density at radius 1 is 1.64 bits per heavy atom. The van der Waals surface area contributed by atoms with Crippen molar-refractivity contribution in [1.29, 1.82) is 0 Å². The zero-order valence-electron chi connectivity index (χ0n) is 7.37. The minimum atomic E-state index is 0.213. The van der Waals surface area contributed by atoms with Gasteiger partial charge in [0.1, 0.15) is 0 Å². The molecule has 0 aliphatic heterocycles. The highest BCUT2D eigenvalue weighted by Crippen LogP contribution is 2.23. The van der Waals surface area contributed by atoms with Gasteiger partial charge in [-0.3, -0.25) is 0 Å². The molecular formula is C8H17NO2. The summed E-state index contributed by atoms with van der Waals surface area (Å²) in [6, 6.07) is 0. The standard InChI is InChI=1S/C8H17NO2/c1-4-7(6(2)3)8(5-9)11-10/h5-7,10H,4,9H2,1-3H3/b8-5-. The highest BCUT2D eigenvalue weighted by molar-refractivity contribution is 4.96. The molecular weight excluding hydrogens is 142 g/mol. The van der Waals surface area contributed by atoms with E-state index < -0.39 is 0 Å². The Kier molecular flexibility index (Phi) is 4.70. The molecule has 0 aliphatic carbocycles. The van der Waals surface area contributed by atoms with Crippen molar-refractivity contribution in [2.24, 2.45) is 17.6 Å². The van der Waals surface area contributed by atoms with Crippen molar-refractivity contribution in [3.05, 3.63) is 12.0 Å². The van der Waals surface area contributed by atoms with E-state index in [2.05, 4.69) is 18.7 Å². The van der Waals surface area contributed by atoms with Gasteiger partial charge in [-0.05, 0) is 12.3 Å². The molecule has 1 atom stereocenters. The van der Waals surface area contributed by atoms with Crippen LogP contribution in [-0.2, 0) is 4.89 Å². The van der Waals surface area contributed by atoms with Crippen molar-refractivity contribution < 1.29 is 10.1 Å². The number of nitrogens with two attached hydrogens (primary N) is 1. The Labute approximate surface area is 67.8 Å². The van der Waals surface area contributed by atoms with Crippen LogP contribution in [0, 0.1) is 11.8 Å². The lowest BCUT2D eigenvalue weighted by Crippen LogP contribution is -2.13. The van der Waals surface area contributed by atoms with Gasteiger partial charge in [-0.1, -0.05) is 20.8 Å². The highest BCUT2D eigenvalue weighted by Gasteiger charge is 2.17. The van der Waals surface area contributed by atoms with E-state index in [4.69, 9.17) is 11.0 Å². The maximum Gasteiger partial charge on any atom is 0.160 e. The molecule has 3 heteroatoms. The smallest absolute Gasteiger partial charge is 0.160 e. The summed E-state index contributed by atoms with van der Waals surface area (Å²) in [4.78, 5) is 4.15. The van der Waals surface area contributed by atoms with E-state index >= 15 is 0 Å². The molecule has 66 valence electrons. The van der Waals surface area contributed by atoms with Gasteiger partial charge >= 0.3 is 0 Å².